The van der Waals surface area contributed by atoms with Gasteiger partial charge in [-0.25, -0.2) is 0 Å². The first kappa shape index (κ1) is 8.56. The van der Waals surface area contributed by atoms with Gasteiger partial charge in [-0.3, -0.25) is 10.3 Å². The van der Waals surface area contributed by atoms with Crippen molar-refractivity contribution in [2.45, 2.75) is 32.3 Å². The molecule has 0 saturated carbocycles. The molecule has 1 rings (SSSR count). The highest BCUT2D eigenvalue weighted by Gasteiger charge is 2.13. The van der Waals surface area contributed by atoms with Gasteiger partial charge in [0.15, 0.2) is 0 Å². The van der Waals surface area contributed by atoms with Gasteiger partial charge < -0.3 is 5.73 Å². The molecule has 1 unspecified atom stereocenters. The molecular formula is C8H16N2O. The Morgan fingerprint density at radius 1 is 1.64 bits per heavy atom. The van der Waals surface area contributed by atoms with Crippen molar-refractivity contribution >= 4 is 0 Å². The lowest BCUT2D eigenvalue weighted by molar-refractivity contribution is 0.0530. The molecule has 0 amide bonds. The van der Waals surface area contributed by atoms with Crippen LogP contribution in [0.4, 0.5) is 0 Å². The minimum absolute atomic E-state index is 0.243. The van der Waals surface area contributed by atoms with Crippen LogP contribution in [0.25, 0.3) is 0 Å². The summed E-state index contributed by atoms with van der Waals surface area (Å²) in [7, 11) is 0. The monoisotopic (exact) mass is 156 g/mol. The second-order valence-electron chi connectivity index (χ2n) is 2.84. The van der Waals surface area contributed by atoms with Crippen LogP contribution in [0.15, 0.2) is 11.8 Å². The summed E-state index contributed by atoms with van der Waals surface area (Å²) in [6, 6.07) is 0. The van der Waals surface area contributed by atoms with Gasteiger partial charge >= 0.3 is 0 Å². The summed E-state index contributed by atoms with van der Waals surface area (Å²) in [5.74, 6) is 0. The standard InChI is InChI=1S/C8H16N2O/c1-7-8(6-10-11-7)4-2-3-5-9/h6-7,10H,2-5,9H2,1H3. The molecule has 1 aliphatic rings. The molecule has 3 N–H and O–H groups in total. The second-order valence-corrected chi connectivity index (χ2v) is 2.84. The molecule has 0 aromatic carbocycles. The summed E-state index contributed by atoms with van der Waals surface area (Å²) in [6.45, 7) is 2.84. The molecule has 0 radical (unpaired) electrons. The number of hydrogen-bond acceptors (Lipinski definition) is 3. The van der Waals surface area contributed by atoms with Gasteiger partial charge in [0.05, 0.1) is 0 Å². The average Bonchev–Trinajstić information content (AvgIpc) is 2.37. The SMILES string of the molecule is CC1ONC=C1CCCCN. The number of hydrogen-bond donors (Lipinski definition) is 2. The molecular weight excluding hydrogens is 140 g/mol. The maximum atomic E-state index is 5.38. The van der Waals surface area contributed by atoms with E-state index in [1.54, 1.807) is 0 Å². The lowest BCUT2D eigenvalue weighted by Gasteiger charge is -2.05. The van der Waals surface area contributed by atoms with E-state index in [0.29, 0.717) is 0 Å². The predicted molar refractivity (Wildman–Crippen MR) is 44.7 cm³/mol. The Balaban J connectivity index is 2.15. The van der Waals surface area contributed by atoms with Gasteiger partial charge in [0.25, 0.3) is 0 Å². The predicted octanol–water partition coefficient (Wildman–Crippen LogP) is 0.923. The third kappa shape index (κ3) is 2.52. The van der Waals surface area contributed by atoms with Crippen LogP contribution in [0, 0.1) is 0 Å². The Labute approximate surface area is 67.6 Å². The molecule has 0 aromatic heterocycles. The number of nitrogens with two attached hydrogens (primary N) is 1. The van der Waals surface area contributed by atoms with Crippen molar-refractivity contribution in [2.24, 2.45) is 5.73 Å². The van der Waals surface area contributed by atoms with Crippen molar-refractivity contribution in [1.29, 1.82) is 0 Å². The molecule has 0 saturated heterocycles. The summed E-state index contributed by atoms with van der Waals surface area (Å²) < 4.78 is 0. The number of hydroxylamine groups is 1. The fraction of sp³-hybridized carbons (Fsp3) is 0.750. The largest absolute Gasteiger partial charge is 0.330 e. The van der Waals surface area contributed by atoms with Crippen molar-refractivity contribution in [2.75, 3.05) is 6.54 Å². The van der Waals surface area contributed by atoms with Crippen molar-refractivity contribution in [1.82, 2.24) is 5.48 Å². The second kappa shape index (κ2) is 4.36. The summed E-state index contributed by atoms with van der Waals surface area (Å²) in [5.41, 5.74) is 9.48. The van der Waals surface area contributed by atoms with E-state index in [1.165, 1.54) is 5.57 Å². The van der Waals surface area contributed by atoms with Gasteiger partial charge in [0.2, 0.25) is 0 Å². The summed E-state index contributed by atoms with van der Waals surface area (Å²) in [4.78, 5) is 5.12. The lowest BCUT2D eigenvalue weighted by Crippen LogP contribution is -2.08. The first-order valence-corrected chi connectivity index (χ1v) is 4.15. The van der Waals surface area contributed by atoms with E-state index in [1.807, 2.05) is 13.1 Å². The van der Waals surface area contributed by atoms with Crippen LogP contribution in [-0.2, 0) is 4.84 Å². The maximum absolute atomic E-state index is 5.38. The van der Waals surface area contributed by atoms with Crippen LogP contribution in [0.2, 0.25) is 0 Å². The molecule has 3 nitrogen and oxygen atoms in total. The minimum atomic E-state index is 0.243. The molecule has 1 aliphatic heterocycles. The third-order valence-electron chi connectivity index (χ3n) is 1.93. The van der Waals surface area contributed by atoms with Gasteiger partial charge in [-0.2, -0.15) is 0 Å². The van der Waals surface area contributed by atoms with E-state index in [2.05, 4.69) is 5.48 Å². The van der Waals surface area contributed by atoms with Crippen LogP contribution >= 0.6 is 0 Å². The van der Waals surface area contributed by atoms with E-state index in [0.717, 1.165) is 25.8 Å². The Kier molecular flexibility index (Phi) is 3.39. The van der Waals surface area contributed by atoms with Crippen LogP contribution in [0.1, 0.15) is 26.2 Å². The van der Waals surface area contributed by atoms with Crippen molar-refractivity contribution < 1.29 is 4.84 Å². The third-order valence-corrected chi connectivity index (χ3v) is 1.93. The molecule has 0 aliphatic carbocycles. The zero-order valence-corrected chi connectivity index (χ0v) is 6.97. The normalized spacial score (nSPS) is 23.1. The van der Waals surface area contributed by atoms with Gasteiger partial charge in [-0.15, -0.1) is 0 Å². The number of rotatable bonds is 4. The molecule has 0 aromatic rings. The zero-order valence-electron chi connectivity index (χ0n) is 6.97. The molecule has 11 heavy (non-hydrogen) atoms. The highest BCUT2D eigenvalue weighted by molar-refractivity contribution is 5.08. The van der Waals surface area contributed by atoms with Gasteiger partial charge in [-0.1, -0.05) is 0 Å². The lowest BCUT2D eigenvalue weighted by atomic mass is 10.1. The number of unbranched alkanes of at least 4 members (excludes halogenated alkanes) is 1. The van der Waals surface area contributed by atoms with Crippen molar-refractivity contribution in [3.05, 3.63) is 11.8 Å². The fourth-order valence-electron chi connectivity index (χ4n) is 1.15. The van der Waals surface area contributed by atoms with E-state index < -0.39 is 0 Å². The number of nitrogens with one attached hydrogen (secondary N) is 1. The van der Waals surface area contributed by atoms with Crippen molar-refractivity contribution in [3.63, 3.8) is 0 Å². The quantitative estimate of drug-likeness (QED) is 0.595. The van der Waals surface area contributed by atoms with Gasteiger partial charge in [0.1, 0.15) is 6.10 Å². The Morgan fingerprint density at radius 3 is 3.00 bits per heavy atom. The Bertz CT molecular complexity index is 145. The van der Waals surface area contributed by atoms with Crippen LogP contribution in [-0.4, -0.2) is 12.6 Å². The summed E-state index contributed by atoms with van der Waals surface area (Å²) in [6.07, 6.45) is 5.56. The molecule has 0 bridgehead atoms. The van der Waals surface area contributed by atoms with Crippen LogP contribution in [0.3, 0.4) is 0 Å². The summed E-state index contributed by atoms with van der Waals surface area (Å²) >= 11 is 0. The Hall–Kier alpha value is -0.540. The molecule has 0 fully saturated rings. The first-order valence-electron chi connectivity index (χ1n) is 4.15. The smallest absolute Gasteiger partial charge is 0.105 e. The topological polar surface area (TPSA) is 47.3 Å². The minimum Gasteiger partial charge on any atom is -0.330 e. The van der Waals surface area contributed by atoms with E-state index >= 15 is 0 Å². The highest BCUT2D eigenvalue weighted by atomic mass is 16.7. The van der Waals surface area contributed by atoms with E-state index in [4.69, 9.17) is 10.6 Å². The molecule has 64 valence electrons. The van der Waals surface area contributed by atoms with E-state index in [9.17, 15) is 0 Å². The molecule has 0 spiro atoms. The van der Waals surface area contributed by atoms with Gasteiger partial charge in [-0.05, 0) is 38.3 Å². The average molecular weight is 156 g/mol. The van der Waals surface area contributed by atoms with E-state index in [-0.39, 0.29) is 6.10 Å². The van der Waals surface area contributed by atoms with Crippen LogP contribution < -0.4 is 11.2 Å². The molecule has 1 atom stereocenters. The maximum Gasteiger partial charge on any atom is 0.105 e. The van der Waals surface area contributed by atoms with Crippen molar-refractivity contribution in [3.8, 4) is 0 Å². The molecule has 1 heterocycles. The van der Waals surface area contributed by atoms with Crippen LogP contribution in [0.5, 0.6) is 0 Å². The Morgan fingerprint density at radius 2 is 2.45 bits per heavy atom. The van der Waals surface area contributed by atoms with Gasteiger partial charge in [0, 0.05) is 6.20 Å². The zero-order chi connectivity index (χ0) is 8.10. The fourth-order valence-corrected chi connectivity index (χ4v) is 1.15. The summed E-state index contributed by atoms with van der Waals surface area (Å²) in [5, 5.41) is 0. The molecule has 3 heteroatoms. The highest BCUT2D eigenvalue weighted by Crippen LogP contribution is 2.16. The first-order chi connectivity index (χ1) is 5.34.